The quantitative estimate of drug-likeness (QED) is 0.711. The van der Waals surface area contributed by atoms with E-state index in [1.165, 1.54) is 18.1 Å². The van der Waals surface area contributed by atoms with Crippen molar-refractivity contribution in [3.8, 4) is 0 Å². The maximum Gasteiger partial charge on any atom is 0.272 e. The molecule has 3 aromatic rings. The zero-order valence-corrected chi connectivity index (χ0v) is 16.2. The summed E-state index contributed by atoms with van der Waals surface area (Å²) in [4.78, 5) is 30.1. The number of pyridine rings is 1. The van der Waals surface area contributed by atoms with E-state index in [0.29, 0.717) is 18.8 Å². The van der Waals surface area contributed by atoms with Crippen molar-refractivity contribution in [2.75, 3.05) is 17.2 Å². The van der Waals surface area contributed by atoms with Crippen molar-refractivity contribution in [2.24, 2.45) is 0 Å². The smallest absolute Gasteiger partial charge is 0.272 e. The number of carbonyl (C=O) groups is 2. The summed E-state index contributed by atoms with van der Waals surface area (Å²) in [6, 6.07) is 19.2. The van der Waals surface area contributed by atoms with Crippen LogP contribution < -0.4 is 10.6 Å². The minimum absolute atomic E-state index is 0.0503. The molecule has 4 rings (SSSR count). The van der Waals surface area contributed by atoms with Gasteiger partial charge >= 0.3 is 0 Å². The van der Waals surface area contributed by atoms with E-state index in [9.17, 15) is 9.59 Å². The summed E-state index contributed by atoms with van der Waals surface area (Å²) in [5.41, 5.74) is 5.35. The van der Waals surface area contributed by atoms with E-state index >= 15 is 0 Å². The number of rotatable bonds is 4. The highest BCUT2D eigenvalue weighted by atomic mass is 16.2. The summed E-state index contributed by atoms with van der Waals surface area (Å²) in [6.45, 7) is 2.80. The summed E-state index contributed by atoms with van der Waals surface area (Å²) in [5.74, 6) is -0.155. The molecule has 29 heavy (non-hydrogen) atoms. The Balaban J connectivity index is 1.40. The summed E-state index contributed by atoms with van der Waals surface area (Å²) in [7, 11) is 0. The van der Waals surface area contributed by atoms with Crippen LogP contribution >= 0.6 is 0 Å². The van der Waals surface area contributed by atoms with Gasteiger partial charge in [-0.3, -0.25) is 9.59 Å². The van der Waals surface area contributed by atoms with Crippen LogP contribution in [0, 0.1) is 0 Å². The van der Waals surface area contributed by atoms with Crippen molar-refractivity contribution in [1.29, 1.82) is 0 Å². The molecule has 6 heteroatoms. The Labute approximate surface area is 169 Å². The maximum absolute atomic E-state index is 12.8. The monoisotopic (exact) mass is 386 g/mol. The first-order valence-electron chi connectivity index (χ1n) is 9.55. The van der Waals surface area contributed by atoms with Gasteiger partial charge in [0.25, 0.3) is 5.91 Å². The van der Waals surface area contributed by atoms with Crippen LogP contribution in [0.3, 0.4) is 0 Å². The summed E-state index contributed by atoms with van der Waals surface area (Å²) >= 11 is 0. The van der Waals surface area contributed by atoms with Crippen LogP contribution in [0.1, 0.15) is 28.5 Å². The second-order valence-electron chi connectivity index (χ2n) is 7.06. The van der Waals surface area contributed by atoms with Gasteiger partial charge in [-0.25, -0.2) is 4.98 Å². The van der Waals surface area contributed by atoms with Crippen molar-refractivity contribution in [3.63, 3.8) is 0 Å². The maximum atomic E-state index is 12.8. The zero-order chi connectivity index (χ0) is 20.2. The van der Waals surface area contributed by atoms with Crippen LogP contribution in [0.5, 0.6) is 0 Å². The highest BCUT2D eigenvalue weighted by Gasteiger charge is 2.22. The number of hydrogen-bond acceptors (Lipinski definition) is 4. The number of anilines is 3. The molecule has 1 aliphatic rings. The van der Waals surface area contributed by atoms with Crippen molar-refractivity contribution >= 4 is 28.9 Å². The minimum atomic E-state index is -0.104. The molecule has 6 nitrogen and oxygen atoms in total. The molecule has 0 radical (unpaired) electrons. The van der Waals surface area contributed by atoms with Gasteiger partial charge in [0.2, 0.25) is 5.91 Å². The first kappa shape index (κ1) is 18.7. The Morgan fingerprint density at radius 2 is 1.59 bits per heavy atom. The predicted octanol–water partition coefficient (Wildman–Crippen LogP) is 3.98. The fourth-order valence-electron chi connectivity index (χ4n) is 3.43. The summed E-state index contributed by atoms with van der Waals surface area (Å²) < 4.78 is 0. The van der Waals surface area contributed by atoms with Gasteiger partial charge in [0.15, 0.2) is 0 Å². The van der Waals surface area contributed by atoms with Crippen molar-refractivity contribution in [1.82, 2.24) is 9.88 Å². The summed E-state index contributed by atoms with van der Waals surface area (Å²) in [6.07, 6.45) is 2.53. The number of nitrogens with zero attached hydrogens (tertiary/aromatic N) is 2. The van der Waals surface area contributed by atoms with Gasteiger partial charge in [0, 0.05) is 31.4 Å². The molecule has 0 aliphatic carbocycles. The molecule has 0 unspecified atom stereocenters. The third kappa shape index (κ3) is 4.43. The fourth-order valence-corrected chi connectivity index (χ4v) is 3.43. The van der Waals surface area contributed by atoms with E-state index in [-0.39, 0.29) is 11.8 Å². The molecule has 2 amide bonds. The van der Waals surface area contributed by atoms with Gasteiger partial charge in [-0.05, 0) is 53.9 Å². The van der Waals surface area contributed by atoms with Crippen molar-refractivity contribution in [3.05, 3.63) is 83.7 Å². The Kier molecular flexibility index (Phi) is 5.24. The van der Waals surface area contributed by atoms with E-state index in [1.54, 1.807) is 12.3 Å². The number of aromatic nitrogens is 1. The summed E-state index contributed by atoms with van der Waals surface area (Å²) in [5, 5.41) is 5.98. The molecule has 2 heterocycles. The first-order valence-corrected chi connectivity index (χ1v) is 9.55. The van der Waals surface area contributed by atoms with Crippen LogP contribution in [-0.4, -0.2) is 28.2 Å². The number of hydrogen-bond donors (Lipinski definition) is 2. The molecule has 0 atom stereocenters. The standard InChI is InChI=1S/C23H22N4O2/c1-16(28)25-19-6-8-20(9-7-19)26-21-10-11-22(24-14-21)23(29)27-13-12-17-4-2-3-5-18(17)15-27/h2-11,14,26H,12-13,15H2,1H3,(H,25,28). The van der Waals surface area contributed by atoms with Crippen LogP contribution in [-0.2, 0) is 17.8 Å². The van der Waals surface area contributed by atoms with Gasteiger partial charge in [-0.1, -0.05) is 24.3 Å². The van der Waals surface area contributed by atoms with E-state index in [4.69, 9.17) is 0 Å². The minimum Gasteiger partial charge on any atom is -0.354 e. The molecular weight excluding hydrogens is 364 g/mol. The highest BCUT2D eigenvalue weighted by molar-refractivity contribution is 5.92. The fraction of sp³-hybridized carbons (Fsp3) is 0.174. The van der Waals surface area contributed by atoms with Crippen LogP contribution in [0.4, 0.5) is 17.1 Å². The van der Waals surface area contributed by atoms with Gasteiger partial charge in [-0.2, -0.15) is 0 Å². The Bertz CT molecular complexity index is 1030. The van der Waals surface area contributed by atoms with E-state index in [0.717, 1.165) is 23.5 Å². The number of fused-ring (bicyclic) bond motifs is 1. The number of carbonyl (C=O) groups excluding carboxylic acids is 2. The van der Waals surface area contributed by atoms with Gasteiger partial charge in [-0.15, -0.1) is 0 Å². The molecule has 2 N–H and O–H groups in total. The lowest BCUT2D eigenvalue weighted by molar-refractivity contribution is -0.114. The Morgan fingerprint density at radius 1 is 0.897 bits per heavy atom. The lowest BCUT2D eigenvalue weighted by Gasteiger charge is -2.28. The normalized spacial score (nSPS) is 12.8. The second-order valence-corrected chi connectivity index (χ2v) is 7.06. The number of benzene rings is 2. The first-order chi connectivity index (χ1) is 14.1. The molecule has 0 saturated heterocycles. The molecule has 1 aliphatic heterocycles. The van der Waals surface area contributed by atoms with E-state index in [1.807, 2.05) is 47.4 Å². The third-order valence-electron chi connectivity index (χ3n) is 4.89. The molecule has 1 aromatic heterocycles. The molecule has 2 aromatic carbocycles. The van der Waals surface area contributed by atoms with E-state index < -0.39 is 0 Å². The molecule has 0 spiro atoms. The van der Waals surface area contributed by atoms with Crippen LogP contribution in [0.2, 0.25) is 0 Å². The number of nitrogens with one attached hydrogen (secondary N) is 2. The van der Waals surface area contributed by atoms with E-state index in [2.05, 4.69) is 27.8 Å². The van der Waals surface area contributed by atoms with Gasteiger partial charge in [0.1, 0.15) is 5.69 Å². The van der Waals surface area contributed by atoms with Crippen LogP contribution in [0.25, 0.3) is 0 Å². The highest BCUT2D eigenvalue weighted by Crippen LogP contribution is 2.21. The molecule has 0 fully saturated rings. The lowest BCUT2D eigenvalue weighted by Crippen LogP contribution is -2.36. The largest absolute Gasteiger partial charge is 0.354 e. The molecule has 0 saturated carbocycles. The van der Waals surface area contributed by atoms with Crippen LogP contribution in [0.15, 0.2) is 66.9 Å². The Morgan fingerprint density at radius 3 is 2.28 bits per heavy atom. The average molecular weight is 386 g/mol. The second kappa shape index (κ2) is 8.14. The predicted molar refractivity (Wildman–Crippen MR) is 113 cm³/mol. The molecule has 0 bridgehead atoms. The average Bonchev–Trinajstić information content (AvgIpc) is 2.74. The van der Waals surface area contributed by atoms with Crippen molar-refractivity contribution in [2.45, 2.75) is 19.9 Å². The van der Waals surface area contributed by atoms with Gasteiger partial charge < -0.3 is 15.5 Å². The topological polar surface area (TPSA) is 74.3 Å². The van der Waals surface area contributed by atoms with Crippen molar-refractivity contribution < 1.29 is 9.59 Å². The molecule has 146 valence electrons. The molecular formula is C23H22N4O2. The zero-order valence-electron chi connectivity index (χ0n) is 16.2. The SMILES string of the molecule is CC(=O)Nc1ccc(Nc2ccc(C(=O)N3CCc4ccccc4C3)nc2)cc1. The van der Waals surface area contributed by atoms with Gasteiger partial charge in [0.05, 0.1) is 11.9 Å². The lowest BCUT2D eigenvalue weighted by atomic mass is 10.00. The third-order valence-corrected chi connectivity index (χ3v) is 4.89. The number of amides is 2. The Hall–Kier alpha value is -3.67.